The predicted molar refractivity (Wildman–Crippen MR) is 127 cm³/mol. The second-order valence-corrected chi connectivity index (χ2v) is 10.6. The summed E-state index contributed by atoms with van der Waals surface area (Å²) < 4.78 is 1.14. The minimum atomic E-state index is 0.0492. The van der Waals surface area contributed by atoms with Crippen molar-refractivity contribution in [2.75, 3.05) is 31.1 Å². The van der Waals surface area contributed by atoms with E-state index in [0.29, 0.717) is 5.92 Å². The van der Waals surface area contributed by atoms with Crippen molar-refractivity contribution in [1.29, 1.82) is 0 Å². The predicted octanol–water partition coefficient (Wildman–Crippen LogP) is 4.23. The average molecular weight is 438 g/mol. The van der Waals surface area contributed by atoms with E-state index in [4.69, 9.17) is 9.97 Å². The third kappa shape index (κ3) is 3.56. The van der Waals surface area contributed by atoms with Crippen molar-refractivity contribution in [1.82, 2.24) is 19.9 Å². The summed E-state index contributed by atoms with van der Waals surface area (Å²) in [6.45, 7) is 11.6. The topological polar surface area (TPSA) is 62.2 Å². The van der Waals surface area contributed by atoms with Gasteiger partial charge < -0.3 is 9.80 Å². The molecular formula is C24H31N5OS. The summed E-state index contributed by atoms with van der Waals surface area (Å²) in [6, 6.07) is 0. The molecule has 1 aliphatic carbocycles. The molecule has 3 aromatic heterocycles. The maximum Gasteiger partial charge on any atom is 0.225 e. The standard InChI is InChI=1S/C24H31N5OS/c1-14(2)12-18-16-6-5-7-17(16)19-20-21(31-23(19)27-18)22(26-13-25-20)28-8-10-29(11-9-28)24(30)15(3)4/h13-15H,5-12H2,1-4H3. The highest BCUT2D eigenvalue weighted by molar-refractivity contribution is 7.26. The summed E-state index contributed by atoms with van der Waals surface area (Å²) >= 11 is 1.74. The van der Waals surface area contributed by atoms with Gasteiger partial charge in [0.25, 0.3) is 0 Å². The molecule has 0 N–H and O–H groups in total. The van der Waals surface area contributed by atoms with Crippen LogP contribution in [0.4, 0.5) is 5.82 Å². The first-order valence-electron chi connectivity index (χ1n) is 11.6. The molecule has 2 aliphatic rings. The Morgan fingerprint density at radius 1 is 1.06 bits per heavy atom. The summed E-state index contributed by atoms with van der Waals surface area (Å²) in [5.74, 6) is 1.89. The summed E-state index contributed by atoms with van der Waals surface area (Å²) in [5, 5.41) is 1.26. The maximum atomic E-state index is 12.4. The van der Waals surface area contributed by atoms with Gasteiger partial charge in [0, 0.05) is 43.2 Å². The van der Waals surface area contributed by atoms with Gasteiger partial charge in [-0.2, -0.15) is 0 Å². The van der Waals surface area contributed by atoms with Gasteiger partial charge in [-0.1, -0.05) is 27.7 Å². The van der Waals surface area contributed by atoms with E-state index in [1.54, 1.807) is 17.7 Å². The summed E-state index contributed by atoms with van der Waals surface area (Å²) in [4.78, 5) is 32.3. The number of thiophene rings is 1. The number of aromatic nitrogens is 3. The van der Waals surface area contributed by atoms with Gasteiger partial charge in [0.15, 0.2) is 0 Å². The van der Waals surface area contributed by atoms with Gasteiger partial charge in [0.05, 0.1) is 10.2 Å². The lowest BCUT2D eigenvalue weighted by atomic mass is 9.99. The number of amides is 1. The number of carbonyl (C=O) groups is 1. The van der Waals surface area contributed by atoms with E-state index >= 15 is 0 Å². The van der Waals surface area contributed by atoms with E-state index in [9.17, 15) is 4.79 Å². The van der Waals surface area contributed by atoms with Crippen molar-refractivity contribution in [2.45, 2.75) is 53.4 Å². The Bertz CT molecular complexity index is 1140. The zero-order chi connectivity index (χ0) is 21.7. The molecule has 0 unspecified atom stereocenters. The fourth-order valence-electron chi connectivity index (χ4n) is 5.05. The number of aryl methyl sites for hydroxylation is 1. The zero-order valence-corrected chi connectivity index (χ0v) is 19.8. The monoisotopic (exact) mass is 437 g/mol. The van der Waals surface area contributed by atoms with Crippen LogP contribution in [0.2, 0.25) is 0 Å². The SMILES string of the molecule is CC(C)Cc1nc2sc3c(N4CCN(C(=O)C(C)C)CC4)ncnc3c2c2c1CCC2. The molecule has 4 heterocycles. The Morgan fingerprint density at radius 3 is 2.52 bits per heavy atom. The van der Waals surface area contributed by atoms with Crippen LogP contribution >= 0.6 is 11.3 Å². The van der Waals surface area contributed by atoms with Crippen LogP contribution in [0.25, 0.3) is 20.4 Å². The largest absolute Gasteiger partial charge is 0.352 e. The van der Waals surface area contributed by atoms with Crippen LogP contribution in [-0.2, 0) is 24.1 Å². The number of fused-ring (bicyclic) bond motifs is 5. The average Bonchev–Trinajstić information content (AvgIpc) is 3.37. The Hall–Kier alpha value is -2.28. The van der Waals surface area contributed by atoms with Gasteiger partial charge in [-0.3, -0.25) is 4.79 Å². The summed E-state index contributed by atoms with van der Waals surface area (Å²) in [6.07, 6.45) is 6.22. The molecule has 1 aliphatic heterocycles. The van der Waals surface area contributed by atoms with Crippen molar-refractivity contribution in [3.8, 4) is 0 Å². The first-order chi connectivity index (χ1) is 14.9. The molecular weight excluding hydrogens is 406 g/mol. The molecule has 31 heavy (non-hydrogen) atoms. The van der Waals surface area contributed by atoms with Gasteiger partial charge in [-0.25, -0.2) is 15.0 Å². The molecule has 1 amide bonds. The third-order valence-corrected chi connectivity index (χ3v) is 7.59. The van der Waals surface area contributed by atoms with Crippen molar-refractivity contribution in [3.63, 3.8) is 0 Å². The van der Waals surface area contributed by atoms with Gasteiger partial charge in [-0.05, 0) is 42.7 Å². The van der Waals surface area contributed by atoms with E-state index in [1.807, 2.05) is 18.7 Å². The van der Waals surface area contributed by atoms with E-state index in [1.165, 1.54) is 28.6 Å². The van der Waals surface area contributed by atoms with Crippen LogP contribution in [0.15, 0.2) is 6.33 Å². The second-order valence-electron chi connectivity index (χ2n) is 9.59. The van der Waals surface area contributed by atoms with Crippen LogP contribution in [0.1, 0.15) is 50.9 Å². The molecule has 5 rings (SSSR count). The van der Waals surface area contributed by atoms with Gasteiger partial charge >= 0.3 is 0 Å². The molecule has 7 heteroatoms. The highest BCUT2D eigenvalue weighted by atomic mass is 32.1. The minimum absolute atomic E-state index is 0.0492. The quantitative estimate of drug-likeness (QED) is 0.611. The van der Waals surface area contributed by atoms with E-state index in [2.05, 4.69) is 23.7 Å². The van der Waals surface area contributed by atoms with E-state index < -0.39 is 0 Å². The van der Waals surface area contributed by atoms with Gasteiger partial charge in [0.1, 0.15) is 17.0 Å². The molecule has 6 nitrogen and oxygen atoms in total. The Morgan fingerprint density at radius 2 is 1.81 bits per heavy atom. The number of piperazine rings is 1. The highest BCUT2D eigenvalue weighted by Crippen LogP contribution is 2.42. The number of nitrogens with zero attached hydrogens (tertiary/aromatic N) is 5. The fraction of sp³-hybridized carbons (Fsp3) is 0.583. The molecule has 0 bridgehead atoms. The highest BCUT2D eigenvalue weighted by Gasteiger charge is 2.28. The Kier molecular flexibility index (Phi) is 5.32. The number of carbonyl (C=O) groups excluding carboxylic acids is 1. The van der Waals surface area contributed by atoms with Crippen molar-refractivity contribution in [2.24, 2.45) is 11.8 Å². The number of pyridine rings is 1. The molecule has 3 aromatic rings. The lowest BCUT2D eigenvalue weighted by molar-refractivity contribution is -0.134. The minimum Gasteiger partial charge on any atom is -0.352 e. The molecule has 0 atom stereocenters. The van der Waals surface area contributed by atoms with E-state index in [-0.39, 0.29) is 11.8 Å². The van der Waals surface area contributed by atoms with Crippen molar-refractivity contribution < 1.29 is 4.79 Å². The number of hydrogen-bond donors (Lipinski definition) is 0. The number of rotatable bonds is 4. The second kappa shape index (κ2) is 8.01. The molecule has 1 fully saturated rings. The van der Waals surface area contributed by atoms with Crippen LogP contribution in [0, 0.1) is 11.8 Å². The summed E-state index contributed by atoms with van der Waals surface area (Å²) in [5.41, 5.74) is 5.30. The lowest BCUT2D eigenvalue weighted by Gasteiger charge is -2.36. The van der Waals surface area contributed by atoms with Crippen molar-refractivity contribution in [3.05, 3.63) is 23.1 Å². The van der Waals surface area contributed by atoms with Gasteiger partial charge in [0.2, 0.25) is 5.91 Å². The third-order valence-electron chi connectivity index (χ3n) is 6.53. The molecule has 0 aromatic carbocycles. The molecule has 164 valence electrons. The molecule has 1 saturated heterocycles. The van der Waals surface area contributed by atoms with E-state index in [0.717, 1.165) is 66.3 Å². The van der Waals surface area contributed by atoms with Crippen LogP contribution < -0.4 is 4.90 Å². The zero-order valence-electron chi connectivity index (χ0n) is 18.9. The maximum absolute atomic E-state index is 12.4. The Labute approximate surface area is 187 Å². The molecule has 0 saturated carbocycles. The Balaban J connectivity index is 1.54. The van der Waals surface area contributed by atoms with Crippen LogP contribution in [-0.4, -0.2) is 51.9 Å². The molecule has 0 spiro atoms. The van der Waals surface area contributed by atoms with Crippen molar-refractivity contribution >= 4 is 43.5 Å². The lowest BCUT2D eigenvalue weighted by Crippen LogP contribution is -2.50. The fourth-order valence-corrected chi connectivity index (χ4v) is 6.24. The first kappa shape index (κ1) is 20.6. The summed E-state index contributed by atoms with van der Waals surface area (Å²) in [7, 11) is 0. The normalized spacial score (nSPS) is 16.8. The first-order valence-corrected chi connectivity index (χ1v) is 12.4. The number of hydrogen-bond acceptors (Lipinski definition) is 6. The van der Waals surface area contributed by atoms with Gasteiger partial charge in [-0.15, -0.1) is 11.3 Å². The van der Waals surface area contributed by atoms with Crippen LogP contribution in [0.5, 0.6) is 0 Å². The number of anilines is 1. The smallest absolute Gasteiger partial charge is 0.225 e. The van der Waals surface area contributed by atoms with Crippen LogP contribution in [0.3, 0.4) is 0 Å². The molecule has 0 radical (unpaired) electrons.